The minimum absolute atomic E-state index is 0.387. The number of nitrogens with two attached hydrogens (primary N) is 1. The van der Waals surface area contributed by atoms with Crippen LogP contribution in [-0.2, 0) is 9.47 Å². The number of nitrogens with zero attached hydrogens (tertiary/aromatic N) is 1. The van der Waals surface area contributed by atoms with E-state index < -0.39 is 0 Å². The van der Waals surface area contributed by atoms with E-state index in [1.54, 1.807) is 14.2 Å². The summed E-state index contributed by atoms with van der Waals surface area (Å²) in [5, 5.41) is 0. The van der Waals surface area contributed by atoms with Crippen LogP contribution >= 0.6 is 0 Å². The second-order valence-corrected chi connectivity index (χ2v) is 4.27. The van der Waals surface area contributed by atoms with Crippen LogP contribution in [0.4, 0.5) is 0 Å². The highest BCUT2D eigenvalue weighted by Gasteiger charge is 2.46. The lowest BCUT2D eigenvalue weighted by Gasteiger charge is -2.51. The average molecular weight is 202 g/mol. The second-order valence-electron chi connectivity index (χ2n) is 4.27. The van der Waals surface area contributed by atoms with E-state index in [1.807, 2.05) is 0 Å². The van der Waals surface area contributed by atoms with Crippen molar-refractivity contribution in [2.24, 2.45) is 11.7 Å². The first-order chi connectivity index (χ1) is 6.58. The molecule has 2 N–H and O–H groups in total. The lowest BCUT2D eigenvalue weighted by Crippen LogP contribution is -2.68. The summed E-state index contributed by atoms with van der Waals surface area (Å²) in [6, 6.07) is 0.438. The summed E-state index contributed by atoms with van der Waals surface area (Å²) in [6.45, 7) is 6.72. The van der Waals surface area contributed by atoms with E-state index in [1.165, 1.54) is 0 Å². The predicted molar refractivity (Wildman–Crippen MR) is 56.0 cm³/mol. The smallest absolute Gasteiger partial charge is 0.193 e. The van der Waals surface area contributed by atoms with Crippen LogP contribution in [0.25, 0.3) is 0 Å². The third-order valence-electron chi connectivity index (χ3n) is 3.11. The molecule has 1 saturated heterocycles. The minimum Gasteiger partial charge on any atom is -0.351 e. The maximum atomic E-state index is 5.73. The number of hydrogen-bond donors (Lipinski definition) is 1. The van der Waals surface area contributed by atoms with Gasteiger partial charge in [-0.15, -0.1) is 0 Å². The SMILES string of the molecule is COC1(OC)CN(C(CN)C(C)C)C1. The van der Waals surface area contributed by atoms with E-state index >= 15 is 0 Å². The molecule has 0 spiro atoms. The van der Waals surface area contributed by atoms with Crippen molar-refractivity contribution < 1.29 is 9.47 Å². The van der Waals surface area contributed by atoms with Crippen molar-refractivity contribution in [3.05, 3.63) is 0 Å². The Bertz CT molecular complexity index is 173. The van der Waals surface area contributed by atoms with Gasteiger partial charge in [-0.2, -0.15) is 0 Å². The molecule has 84 valence electrons. The van der Waals surface area contributed by atoms with Crippen molar-refractivity contribution in [1.29, 1.82) is 0 Å². The molecule has 1 aliphatic heterocycles. The maximum absolute atomic E-state index is 5.73. The molecule has 0 bridgehead atoms. The Labute approximate surface area is 86.3 Å². The van der Waals surface area contributed by atoms with E-state index in [2.05, 4.69) is 18.7 Å². The summed E-state index contributed by atoms with van der Waals surface area (Å²) in [7, 11) is 3.38. The number of rotatable bonds is 5. The largest absolute Gasteiger partial charge is 0.351 e. The summed E-state index contributed by atoms with van der Waals surface area (Å²) in [6.07, 6.45) is 0. The third-order valence-corrected chi connectivity index (χ3v) is 3.11. The monoisotopic (exact) mass is 202 g/mol. The maximum Gasteiger partial charge on any atom is 0.193 e. The molecule has 1 fully saturated rings. The second kappa shape index (κ2) is 4.57. The third kappa shape index (κ3) is 2.08. The Hall–Kier alpha value is -0.160. The molecule has 0 aliphatic carbocycles. The zero-order valence-corrected chi connectivity index (χ0v) is 9.62. The molecule has 1 aliphatic rings. The summed E-state index contributed by atoms with van der Waals surface area (Å²) in [5.41, 5.74) is 5.73. The van der Waals surface area contributed by atoms with Crippen molar-refractivity contribution in [3.63, 3.8) is 0 Å². The van der Waals surface area contributed by atoms with Crippen LogP contribution in [0.3, 0.4) is 0 Å². The number of ether oxygens (including phenoxy) is 2. The van der Waals surface area contributed by atoms with Crippen LogP contribution in [-0.4, -0.2) is 50.6 Å². The topological polar surface area (TPSA) is 47.7 Å². The van der Waals surface area contributed by atoms with Crippen molar-refractivity contribution in [2.45, 2.75) is 25.7 Å². The molecule has 0 aromatic heterocycles. The average Bonchev–Trinajstić information content (AvgIpc) is 2.10. The van der Waals surface area contributed by atoms with Gasteiger partial charge in [-0.05, 0) is 5.92 Å². The van der Waals surface area contributed by atoms with Gasteiger partial charge in [0.2, 0.25) is 0 Å². The standard InChI is InChI=1S/C10H22N2O2/c1-8(2)9(5-11)12-6-10(7-12,13-3)14-4/h8-9H,5-7,11H2,1-4H3. The first kappa shape index (κ1) is 11.9. The van der Waals surface area contributed by atoms with E-state index in [9.17, 15) is 0 Å². The molecule has 1 rings (SSSR count). The zero-order chi connectivity index (χ0) is 10.8. The minimum atomic E-state index is -0.387. The molecule has 4 heteroatoms. The van der Waals surface area contributed by atoms with Gasteiger partial charge in [0, 0.05) is 26.8 Å². The molecular weight excluding hydrogens is 180 g/mol. The van der Waals surface area contributed by atoms with Crippen LogP contribution in [0.5, 0.6) is 0 Å². The molecule has 14 heavy (non-hydrogen) atoms. The Morgan fingerprint density at radius 1 is 1.29 bits per heavy atom. The zero-order valence-electron chi connectivity index (χ0n) is 9.62. The van der Waals surface area contributed by atoms with Crippen LogP contribution in [0.15, 0.2) is 0 Å². The van der Waals surface area contributed by atoms with Crippen molar-refractivity contribution in [1.82, 2.24) is 4.90 Å². The van der Waals surface area contributed by atoms with Gasteiger partial charge in [0.15, 0.2) is 5.79 Å². The Morgan fingerprint density at radius 2 is 1.79 bits per heavy atom. The molecule has 0 amide bonds. The normalized spacial score (nSPS) is 23.6. The van der Waals surface area contributed by atoms with Crippen molar-refractivity contribution in [2.75, 3.05) is 33.9 Å². The van der Waals surface area contributed by atoms with E-state index in [0.717, 1.165) is 13.1 Å². The summed E-state index contributed by atoms with van der Waals surface area (Å²) in [5.74, 6) is 0.189. The van der Waals surface area contributed by atoms with E-state index in [-0.39, 0.29) is 5.79 Å². The molecule has 0 saturated carbocycles. The Balaban J connectivity index is 2.45. The van der Waals surface area contributed by atoms with Gasteiger partial charge in [-0.3, -0.25) is 4.90 Å². The highest BCUT2D eigenvalue weighted by molar-refractivity contribution is 4.94. The van der Waals surface area contributed by atoms with Gasteiger partial charge in [0.05, 0.1) is 13.1 Å². The van der Waals surface area contributed by atoms with Gasteiger partial charge in [0.1, 0.15) is 0 Å². The van der Waals surface area contributed by atoms with Gasteiger partial charge in [-0.25, -0.2) is 0 Å². The highest BCUT2D eigenvalue weighted by atomic mass is 16.7. The van der Waals surface area contributed by atoms with Crippen LogP contribution in [0.2, 0.25) is 0 Å². The lowest BCUT2D eigenvalue weighted by molar-refractivity contribution is -0.283. The molecule has 0 aromatic carbocycles. The van der Waals surface area contributed by atoms with Gasteiger partial charge < -0.3 is 15.2 Å². The Morgan fingerprint density at radius 3 is 2.07 bits per heavy atom. The Kier molecular flexibility index (Phi) is 3.89. The highest BCUT2D eigenvalue weighted by Crippen LogP contribution is 2.28. The van der Waals surface area contributed by atoms with Crippen LogP contribution in [0, 0.1) is 5.92 Å². The number of methoxy groups -OCH3 is 2. The molecule has 0 radical (unpaired) electrons. The van der Waals surface area contributed by atoms with E-state index in [4.69, 9.17) is 15.2 Å². The number of likely N-dealkylation sites (tertiary alicyclic amines) is 1. The van der Waals surface area contributed by atoms with Gasteiger partial charge in [-0.1, -0.05) is 13.8 Å². The molecule has 4 nitrogen and oxygen atoms in total. The molecule has 1 heterocycles. The van der Waals surface area contributed by atoms with E-state index in [0.29, 0.717) is 18.5 Å². The molecular formula is C10H22N2O2. The number of hydrogen-bond acceptors (Lipinski definition) is 4. The quantitative estimate of drug-likeness (QED) is 0.650. The molecule has 0 aromatic rings. The fraction of sp³-hybridized carbons (Fsp3) is 1.00. The first-order valence-corrected chi connectivity index (χ1v) is 5.13. The van der Waals surface area contributed by atoms with Gasteiger partial charge in [0.25, 0.3) is 0 Å². The summed E-state index contributed by atoms with van der Waals surface area (Å²) >= 11 is 0. The predicted octanol–water partition coefficient (Wildman–Crippen LogP) is 0.274. The van der Waals surface area contributed by atoms with Crippen molar-refractivity contribution >= 4 is 0 Å². The van der Waals surface area contributed by atoms with Crippen LogP contribution < -0.4 is 5.73 Å². The van der Waals surface area contributed by atoms with Crippen LogP contribution in [0.1, 0.15) is 13.8 Å². The fourth-order valence-corrected chi connectivity index (χ4v) is 1.99. The van der Waals surface area contributed by atoms with Gasteiger partial charge >= 0.3 is 0 Å². The summed E-state index contributed by atoms with van der Waals surface area (Å²) < 4.78 is 10.6. The molecule has 1 unspecified atom stereocenters. The lowest BCUT2D eigenvalue weighted by atomic mass is 9.96. The van der Waals surface area contributed by atoms with Crippen molar-refractivity contribution in [3.8, 4) is 0 Å². The molecule has 1 atom stereocenters. The summed E-state index contributed by atoms with van der Waals surface area (Å²) in [4.78, 5) is 2.32. The fourth-order valence-electron chi connectivity index (χ4n) is 1.99. The first-order valence-electron chi connectivity index (χ1n) is 5.13.